The van der Waals surface area contributed by atoms with Crippen molar-refractivity contribution in [1.82, 2.24) is 0 Å². The molecule has 0 saturated heterocycles. The van der Waals surface area contributed by atoms with Gasteiger partial charge in [0.1, 0.15) is 34.7 Å². The van der Waals surface area contributed by atoms with E-state index in [2.05, 4.69) is 0 Å². The van der Waals surface area contributed by atoms with Crippen LogP contribution in [0.5, 0.6) is 23.0 Å². The third-order valence-electron chi connectivity index (χ3n) is 7.69. The second kappa shape index (κ2) is 15.6. The molecule has 0 N–H and O–H groups in total. The van der Waals surface area contributed by atoms with Crippen LogP contribution in [0.3, 0.4) is 0 Å². The number of carbonyl (C=O) groups is 2. The Morgan fingerprint density at radius 1 is 0.830 bits per heavy atom. The van der Waals surface area contributed by atoms with Gasteiger partial charge in [-0.2, -0.15) is 0 Å². The molecule has 0 aliphatic heterocycles. The van der Waals surface area contributed by atoms with E-state index in [1.165, 1.54) is 19.2 Å². The molecule has 0 atom stereocenters. The summed E-state index contributed by atoms with van der Waals surface area (Å²) in [5.74, 6) is -0.615. The van der Waals surface area contributed by atoms with Crippen molar-refractivity contribution in [3.8, 4) is 23.0 Å². The van der Waals surface area contributed by atoms with Crippen LogP contribution < -0.4 is 48.0 Å². The van der Waals surface area contributed by atoms with E-state index >= 15 is 0 Å². The van der Waals surface area contributed by atoms with Gasteiger partial charge in [-0.1, -0.05) is 19.3 Å². The summed E-state index contributed by atoms with van der Waals surface area (Å²) in [7, 11) is -3.76. The zero-order valence-corrected chi connectivity index (χ0v) is 29.8. The number of furan rings is 2. The van der Waals surface area contributed by atoms with Crippen molar-refractivity contribution < 1.29 is 88.8 Å². The van der Waals surface area contributed by atoms with Gasteiger partial charge in [-0.3, -0.25) is 0 Å². The van der Waals surface area contributed by atoms with Crippen molar-refractivity contribution in [3.63, 3.8) is 0 Å². The largest absolute Gasteiger partial charge is 1.00 e. The summed E-state index contributed by atoms with van der Waals surface area (Å²) in [6, 6.07) is 5.70. The summed E-state index contributed by atoms with van der Waals surface area (Å²) >= 11 is 0. The molecule has 0 spiro atoms. The monoisotopic (exact) mass is 682 g/mol. The molecular weight excluding hydrogens is 647 g/mol. The average molecular weight is 683 g/mol. The van der Waals surface area contributed by atoms with E-state index in [0.717, 1.165) is 32.1 Å². The number of aryl methyl sites for hydroxylation is 1. The summed E-state index contributed by atoms with van der Waals surface area (Å²) in [4.78, 5) is 25.8. The van der Waals surface area contributed by atoms with Gasteiger partial charge in [-0.25, -0.2) is 18.0 Å². The minimum atomic E-state index is -5.19. The first kappa shape index (κ1) is 36.4. The molecular formula is C32H35NaO13S. The van der Waals surface area contributed by atoms with Crippen LogP contribution in [-0.4, -0.2) is 51.8 Å². The second-order valence-corrected chi connectivity index (χ2v) is 11.7. The molecule has 2 aromatic carbocycles. The molecule has 1 fully saturated rings. The van der Waals surface area contributed by atoms with E-state index in [0.29, 0.717) is 16.7 Å². The Morgan fingerprint density at radius 3 is 2.04 bits per heavy atom. The molecule has 0 amide bonds. The average Bonchev–Trinajstić information content (AvgIpc) is 3.53. The summed E-state index contributed by atoms with van der Waals surface area (Å²) in [6.07, 6.45) is 5.20. The van der Waals surface area contributed by atoms with Crippen molar-refractivity contribution in [2.24, 2.45) is 5.92 Å². The van der Waals surface area contributed by atoms with Gasteiger partial charge in [0.05, 0.1) is 26.9 Å². The third-order valence-corrected chi connectivity index (χ3v) is 8.07. The maximum Gasteiger partial charge on any atom is 1.00 e. The molecule has 1 aliphatic carbocycles. The number of methoxy groups -OCH3 is 1. The molecule has 0 radical (unpaired) electrons. The molecule has 13 nitrogen and oxygen atoms in total. The van der Waals surface area contributed by atoms with E-state index in [1.807, 2.05) is 0 Å². The summed E-state index contributed by atoms with van der Waals surface area (Å²) in [6.45, 7) is 5.14. The fourth-order valence-corrected chi connectivity index (χ4v) is 5.98. The van der Waals surface area contributed by atoms with Crippen molar-refractivity contribution in [2.45, 2.75) is 59.5 Å². The van der Waals surface area contributed by atoms with Gasteiger partial charge in [0.2, 0.25) is 0 Å². The zero-order chi connectivity index (χ0) is 33.0. The van der Waals surface area contributed by atoms with Gasteiger partial charge in [-0.15, -0.1) is 0 Å². The maximum atomic E-state index is 13.2. The van der Waals surface area contributed by atoms with Gasteiger partial charge in [0, 0.05) is 22.9 Å². The zero-order valence-electron chi connectivity index (χ0n) is 27.0. The predicted molar refractivity (Wildman–Crippen MR) is 162 cm³/mol. The molecule has 1 saturated carbocycles. The van der Waals surface area contributed by atoms with Crippen LogP contribution in [0.1, 0.15) is 78.2 Å². The number of ether oxygens (including phenoxy) is 5. The Kier molecular flexibility index (Phi) is 12.1. The normalized spacial score (nSPS) is 13.6. The molecule has 248 valence electrons. The number of hydrogen-bond donors (Lipinski definition) is 0. The SMILES string of the molecule is CCOC(=O)c1c(C)oc2cc(OC)c(OCc3oc4cc(OCC5CCCCC5)c(OS(=O)(=O)[O-])cc4c3C(=O)OCC)cc12.[Na+]. The molecule has 2 heterocycles. The number of hydrogen-bond acceptors (Lipinski definition) is 13. The van der Waals surface area contributed by atoms with Crippen LogP contribution in [-0.2, 0) is 26.5 Å². The van der Waals surface area contributed by atoms with E-state index < -0.39 is 22.3 Å². The van der Waals surface area contributed by atoms with Crippen molar-refractivity contribution in [1.29, 1.82) is 0 Å². The van der Waals surface area contributed by atoms with Gasteiger partial charge >= 0.3 is 41.5 Å². The Balaban J connectivity index is 0.00000500. The standard InChI is InChI=1S/C32H36O13S.Na/c1-5-39-31(33)29-18(3)43-22-14-24(38-4)25(12-20(22)29)42-17-28-30(32(34)40-6-2)21-13-27(45-46(35,36)37)26(15-23(21)44-28)41-16-19-10-8-7-9-11-19;/h12-15,19H,5-11,16-17H2,1-4H3,(H,35,36,37);/q;+1/p-1. The summed E-state index contributed by atoms with van der Waals surface area (Å²) < 4.78 is 79.3. The fraction of sp³-hybridized carbons (Fsp3) is 0.438. The van der Waals surface area contributed by atoms with Crippen LogP contribution in [0.25, 0.3) is 21.9 Å². The number of fused-ring (bicyclic) bond motifs is 2. The first-order chi connectivity index (χ1) is 22.0. The molecule has 0 bridgehead atoms. The van der Waals surface area contributed by atoms with E-state index in [-0.39, 0.29) is 113 Å². The van der Waals surface area contributed by atoms with Crippen LogP contribution in [0, 0.1) is 12.8 Å². The van der Waals surface area contributed by atoms with Gasteiger partial charge in [0.15, 0.2) is 28.8 Å². The van der Waals surface area contributed by atoms with Gasteiger partial charge in [-0.05, 0) is 51.7 Å². The maximum absolute atomic E-state index is 13.2. The Morgan fingerprint density at radius 2 is 1.40 bits per heavy atom. The van der Waals surface area contributed by atoms with Crippen LogP contribution in [0.15, 0.2) is 33.1 Å². The summed E-state index contributed by atoms with van der Waals surface area (Å²) in [5.41, 5.74) is 0.702. The van der Waals surface area contributed by atoms with Gasteiger partial charge < -0.3 is 41.3 Å². The van der Waals surface area contributed by atoms with Crippen LogP contribution >= 0.6 is 0 Å². The predicted octanol–water partition coefficient (Wildman–Crippen LogP) is 3.23. The molecule has 2 aromatic heterocycles. The molecule has 47 heavy (non-hydrogen) atoms. The minimum absolute atomic E-state index is 0. The number of esters is 2. The van der Waals surface area contributed by atoms with E-state index in [1.54, 1.807) is 32.9 Å². The Bertz CT molecular complexity index is 1850. The molecule has 15 heteroatoms. The molecule has 4 aromatic rings. The van der Waals surface area contributed by atoms with E-state index in [9.17, 15) is 22.6 Å². The van der Waals surface area contributed by atoms with E-state index in [4.69, 9.17) is 36.7 Å². The van der Waals surface area contributed by atoms with Crippen LogP contribution in [0.4, 0.5) is 0 Å². The first-order valence-electron chi connectivity index (χ1n) is 15.0. The topological polar surface area (TPSA) is 173 Å². The number of benzene rings is 2. The quantitative estimate of drug-likeness (QED) is 0.0872. The first-order valence-corrected chi connectivity index (χ1v) is 16.3. The second-order valence-electron chi connectivity index (χ2n) is 10.8. The smallest absolute Gasteiger partial charge is 0.716 e. The Labute approximate surface area is 294 Å². The van der Waals surface area contributed by atoms with Crippen molar-refractivity contribution in [2.75, 3.05) is 26.9 Å². The molecule has 5 rings (SSSR count). The molecule has 0 unspecified atom stereocenters. The number of rotatable bonds is 13. The van der Waals surface area contributed by atoms with Crippen molar-refractivity contribution in [3.05, 3.63) is 46.9 Å². The van der Waals surface area contributed by atoms with Crippen LogP contribution in [0.2, 0.25) is 0 Å². The summed E-state index contributed by atoms with van der Waals surface area (Å²) in [5, 5.41) is 0.556. The minimum Gasteiger partial charge on any atom is -0.716 e. The van der Waals surface area contributed by atoms with Crippen molar-refractivity contribution >= 4 is 44.3 Å². The Hall–Kier alpha value is -3.43. The van der Waals surface area contributed by atoms with Gasteiger partial charge in [0.25, 0.3) is 10.4 Å². The molecule has 1 aliphatic rings. The third kappa shape index (κ3) is 8.36. The number of carbonyl (C=O) groups excluding carboxylic acids is 2. The fourth-order valence-electron chi connectivity index (χ4n) is 5.63.